The molecule has 1 saturated heterocycles. The number of β-lactam (4-membered cyclic amide) rings is 1. The fraction of sp³-hybridized carbons (Fsp3) is 0.471. The molecule has 0 spiro atoms. The average Bonchev–Trinajstić information content (AvgIpc) is 2.77. The van der Waals surface area contributed by atoms with Crippen molar-refractivity contribution < 1.29 is 49.4 Å². The van der Waals surface area contributed by atoms with Crippen LogP contribution in [0.25, 0.3) is 0 Å². The summed E-state index contributed by atoms with van der Waals surface area (Å²) in [5, 5.41) is 21.4. The van der Waals surface area contributed by atoms with Gasteiger partial charge in [-0.3, -0.25) is 4.79 Å². The molecule has 0 aromatic carbocycles. The molecular weight excluding hydrogens is 365 g/mol. The molecular formula is C17H20N3NaO4S. The molecule has 3 rings (SSSR count). The maximum atomic E-state index is 12.2. The third kappa shape index (κ3) is 3.66. The Labute approximate surface area is 178 Å². The summed E-state index contributed by atoms with van der Waals surface area (Å²) in [4.78, 5) is 29.9. The molecule has 1 fully saturated rings. The van der Waals surface area contributed by atoms with Gasteiger partial charge in [0.1, 0.15) is 5.82 Å². The Morgan fingerprint density at radius 2 is 2.19 bits per heavy atom. The van der Waals surface area contributed by atoms with Crippen molar-refractivity contribution in [2.75, 3.05) is 11.5 Å². The van der Waals surface area contributed by atoms with Gasteiger partial charge in [0.15, 0.2) is 0 Å². The first-order valence-corrected chi connectivity index (χ1v) is 9.12. The number of fused-ring (bicyclic) bond motifs is 1. The minimum Gasteiger partial charge on any atom is -0.543 e. The third-order valence-corrected chi connectivity index (χ3v) is 6.03. The number of carbonyl (C=O) groups excluding carboxylic acids is 2. The number of pyridine rings is 1. The Kier molecular flexibility index (Phi) is 6.79. The van der Waals surface area contributed by atoms with Crippen LogP contribution >= 0.6 is 11.8 Å². The molecule has 0 unspecified atom stereocenters. The number of nitrogens with two attached hydrogens (primary N) is 1. The summed E-state index contributed by atoms with van der Waals surface area (Å²) in [6.07, 6.45) is -0.176. The molecule has 4 atom stereocenters. The van der Waals surface area contributed by atoms with Crippen molar-refractivity contribution in [1.82, 2.24) is 9.88 Å². The number of anilines is 1. The van der Waals surface area contributed by atoms with Gasteiger partial charge >= 0.3 is 29.6 Å². The molecule has 1 aromatic heterocycles. The molecule has 1 amide bonds. The average molecular weight is 385 g/mol. The van der Waals surface area contributed by atoms with E-state index < -0.39 is 18.0 Å². The van der Waals surface area contributed by atoms with Gasteiger partial charge < -0.3 is 25.6 Å². The number of carbonyl (C=O) groups is 2. The number of aromatic nitrogens is 1. The van der Waals surface area contributed by atoms with E-state index in [2.05, 4.69) is 4.98 Å². The summed E-state index contributed by atoms with van der Waals surface area (Å²) in [5.74, 6) is -1.35. The van der Waals surface area contributed by atoms with Gasteiger partial charge in [-0.1, -0.05) is 13.0 Å². The zero-order valence-electron chi connectivity index (χ0n) is 15.0. The number of amides is 1. The summed E-state index contributed by atoms with van der Waals surface area (Å²) in [5.41, 5.74) is 6.44. The number of carboxylic acids is 1. The van der Waals surface area contributed by atoms with Gasteiger partial charge in [0.05, 0.1) is 29.7 Å². The Hall–Kier alpha value is -1.06. The molecule has 26 heavy (non-hydrogen) atoms. The SMILES string of the molecule is C[C@@H](O)[C@H]1C(=O)N2C(C(=O)[O-])=C(SCCc3cccc(N)n3)[C@H](C)[C@H]12.[Na+]. The van der Waals surface area contributed by atoms with Crippen LogP contribution in [0.5, 0.6) is 0 Å². The van der Waals surface area contributed by atoms with Crippen molar-refractivity contribution in [1.29, 1.82) is 0 Å². The Bertz CT molecular complexity index is 755. The maximum absolute atomic E-state index is 12.2. The first-order chi connectivity index (χ1) is 11.8. The number of nitrogen functional groups attached to an aromatic ring is 1. The van der Waals surface area contributed by atoms with Gasteiger partial charge in [-0.15, -0.1) is 11.8 Å². The van der Waals surface area contributed by atoms with E-state index in [1.54, 1.807) is 13.0 Å². The van der Waals surface area contributed by atoms with Gasteiger partial charge in [-0.2, -0.15) is 0 Å². The molecule has 0 radical (unpaired) electrons. The fourth-order valence-corrected chi connectivity index (χ4v) is 4.86. The summed E-state index contributed by atoms with van der Waals surface area (Å²) in [6, 6.07) is 5.08. The number of thioether (sulfide) groups is 1. The molecule has 7 nitrogen and oxygen atoms in total. The van der Waals surface area contributed by atoms with Gasteiger partial charge in [0.25, 0.3) is 0 Å². The molecule has 3 N–H and O–H groups in total. The number of rotatable bonds is 6. The second-order valence-corrected chi connectivity index (χ2v) is 7.54. The van der Waals surface area contributed by atoms with Crippen LogP contribution in [0.2, 0.25) is 0 Å². The molecule has 1 aromatic rings. The summed E-state index contributed by atoms with van der Waals surface area (Å²) < 4.78 is 0. The van der Waals surface area contributed by atoms with Gasteiger partial charge in [-0.25, -0.2) is 4.98 Å². The molecule has 2 aliphatic heterocycles. The third-order valence-electron chi connectivity index (χ3n) is 4.75. The number of carboxylic acid groups (broad SMARTS) is 1. The summed E-state index contributed by atoms with van der Waals surface area (Å²) in [6.45, 7) is 3.44. The summed E-state index contributed by atoms with van der Waals surface area (Å²) in [7, 11) is 0. The van der Waals surface area contributed by atoms with Crippen LogP contribution in [0.3, 0.4) is 0 Å². The molecule has 3 heterocycles. The van der Waals surface area contributed by atoms with E-state index in [1.807, 2.05) is 19.1 Å². The summed E-state index contributed by atoms with van der Waals surface area (Å²) >= 11 is 1.40. The van der Waals surface area contributed by atoms with E-state index in [0.717, 1.165) is 5.69 Å². The fourth-order valence-electron chi connectivity index (χ4n) is 3.61. The number of hydrogen-bond acceptors (Lipinski definition) is 7. The predicted molar refractivity (Wildman–Crippen MR) is 91.8 cm³/mol. The van der Waals surface area contributed by atoms with Gasteiger partial charge in [0.2, 0.25) is 5.91 Å². The van der Waals surface area contributed by atoms with Crippen molar-refractivity contribution in [3.63, 3.8) is 0 Å². The Balaban J connectivity index is 0.00000243. The topological polar surface area (TPSA) is 120 Å². The second kappa shape index (κ2) is 8.31. The van der Waals surface area contributed by atoms with Crippen molar-refractivity contribution in [3.8, 4) is 0 Å². The number of aryl methyl sites for hydroxylation is 1. The van der Waals surface area contributed by atoms with Crippen LogP contribution < -0.4 is 40.4 Å². The minimum atomic E-state index is -1.35. The van der Waals surface area contributed by atoms with Crippen LogP contribution in [0.15, 0.2) is 28.8 Å². The number of hydrogen-bond donors (Lipinski definition) is 2. The zero-order chi connectivity index (χ0) is 18.3. The maximum Gasteiger partial charge on any atom is 1.00 e. The molecule has 0 bridgehead atoms. The quantitative estimate of drug-likeness (QED) is 0.390. The van der Waals surface area contributed by atoms with Crippen LogP contribution in [-0.2, 0) is 16.0 Å². The van der Waals surface area contributed by atoms with E-state index in [4.69, 9.17) is 5.73 Å². The van der Waals surface area contributed by atoms with Crippen LogP contribution in [0, 0.1) is 11.8 Å². The monoisotopic (exact) mass is 385 g/mol. The predicted octanol–water partition coefficient (Wildman–Crippen LogP) is -3.24. The van der Waals surface area contributed by atoms with E-state index in [9.17, 15) is 19.8 Å². The number of aliphatic hydroxyl groups is 1. The van der Waals surface area contributed by atoms with E-state index in [1.165, 1.54) is 16.7 Å². The largest absolute Gasteiger partial charge is 1.00 e. The standard InChI is InChI=1S/C17H21N3O4S.Na/c1-8-13-12(9(2)21)16(22)20(13)14(17(23)24)15(8)25-7-6-10-4-3-5-11(18)19-10;/h3-5,8-9,12-13,21H,6-7H2,1-2H3,(H2,18,19)(H,23,24);/q;+1/p-1/t8-,9-,12-,13-;/m1./s1. The zero-order valence-corrected chi connectivity index (χ0v) is 17.8. The van der Waals surface area contributed by atoms with Crippen molar-refractivity contribution in [2.45, 2.75) is 32.4 Å². The van der Waals surface area contributed by atoms with Gasteiger partial charge in [-0.05, 0) is 25.5 Å². The molecule has 0 saturated carbocycles. The van der Waals surface area contributed by atoms with E-state index >= 15 is 0 Å². The molecule has 134 valence electrons. The second-order valence-electron chi connectivity index (χ2n) is 6.41. The molecule has 0 aliphatic carbocycles. The first kappa shape index (κ1) is 21.2. The van der Waals surface area contributed by atoms with Crippen molar-refractivity contribution in [2.24, 2.45) is 11.8 Å². The Morgan fingerprint density at radius 3 is 2.77 bits per heavy atom. The van der Waals surface area contributed by atoms with Crippen molar-refractivity contribution >= 4 is 29.5 Å². The van der Waals surface area contributed by atoms with Crippen LogP contribution in [0.1, 0.15) is 19.5 Å². The van der Waals surface area contributed by atoms with Crippen molar-refractivity contribution in [3.05, 3.63) is 34.5 Å². The minimum absolute atomic E-state index is 0. The molecule has 9 heteroatoms. The number of aliphatic hydroxyl groups excluding tert-OH is 1. The van der Waals surface area contributed by atoms with E-state index in [-0.39, 0.29) is 53.1 Å². The Morgan fingerprint density at radius 1 is 1.50 bits per heavy atom. The van der Waals surface area contributed by atoms with Gasteiger partial charge in [0, 0.05) is 22.3 Å². The van der Waals surface area contributed by atoms with Crippen LogP contribution in [-0.4, -0.2) is 44.8 Å². The van der Waals surface area contributed by atoms with Crippen LogP contribution in [0.4, 0.5) is 5.82 Å². The molecule has 2 aliphatic rings. The smallest absolute Gasteiger partial charge is 0.543 e. The number of nitrogens with zero attached hydrogens (tertiary/aromatic N) is 2. The first-order valence-electron chi connectivity index (χ1n) is 8.13. The number of aliphatic carboxylic acids is 1. The van der Waals surface area contributed by atoms with E-state index in [0.29, 0.717) is 22.9 Å². The normalized spacial score (nSPS) is 25.4.